The van der Waals surface area contributed by atoms with Crippen LogP contribution in [0.1, 0.15) is 13.8 Å². The van der Waals surface area contributed by atoms with Crippen LogP contribution in [0.25, 0.3) is 11.2 Å². The normalized spacial score (nSPS) is 9.36. The van der Waals surface area contributed by atoms with Crippen molar-refractivity contribution in [2.75, 3.05) is 0 Å². The number of ketones is 1. The van der Waals surface area contributed by atoms with Gasteiger partial charge in [-0.25, -0.2) is 15.0 Å². The van der Waals surface area contributed by atoms with Gasteiger partial charge < -0.3 is 9.78 Å². The molecule has 2 aromatic rings. The van der Waals surface area contributed by atoms with Crippen LogP contribution in [-0.2, 0) is 4.79 Å². The highest BCUT2D eigenvalue weighted by atomic mass is 35.5. The summed E-state index contributed by atoms with van der Waals surface area (Å²) in [5.41, 5.74) is 1.28. The number of H-pyrrole nitrogens is 1. The highest BCUT2D eigenvalue weighted by molar-refractivity contribution is 6.33. The van der Waals surface area contributed by atoms with Gasteiger partial charge in [-0.15, -0.1) is 0 Å². The Kier molecular flexibility index (Phi) is 3.53. The first kappa shape index (κ1) is 10.6. The number of Topliss-reactive ketones (excluding diaryl/α,β-unsaturated/α-hetero) is 1. The van der Waals surface area contributed by atoms with E-state index in [1.54, 1.807) is 0 Å². The Hall–Kier alpha value is -1.49. The number of hydrogen-bond acceptors (Lipinski definition) is 4. The summed E-state index contributed by atoms with van der Waals surface area (Å²) in [5.74, 6) is 0.167. The topological polar surface area (TPSA) is 71.5 Å². The zero-order valence-electron chi connectivity index (χ0n) is 7.78. The summed E-state index contributed by atoms with van der Waals surface area (Å²) >= 11 is 5.66. The van der Waals surface area contributed by atoms with Crippen LogP contribution in [0.15, 0.2) is 12.7 Å². The summed E-state index contributed by atoms with van der Waals surface area (Å²) in [6, 6.07) is 0. The molecule has 0 aliphatic heterocycles. The van der Waals surface area contributed by atoms with Crippen molar-refractivity contribution >= 4 is 28.5 Å². The first-order chi connectivity index (χ1) is 6.61. The summed E-state index contributed by atoms with van der Waals surface area (Å²) in [5, 5.41) is 0.381. The molecule has 1 N–H and O–H groups in total. The molecule has 6 heteroatoms. The molecule has 0 amide bonds. The van der Waals surface area contributed by atoms with Gasteiger partial charge in [0.25, 0.3) is 0 Å². The van der Waals surface area contributed by atoms with Crippen molar-refractivity contribution in [3.63, 3.8) is 0 Å². The number of rotatable bonds is 0. The number of aromatic amines is 1. The van der Waals surface area contributed by atoms with E-state index >= 15 is 0 Å². The third kappa shape index (κ3) is 2.77. The highest BCUT2D eigenvalue weighted by Crippen LogP contribution is 2.13. The van der Waals surface area contributed by atoms with Crippen molar-refractivity contribution in [3.05, 3.63) is 17.8 Å². The molecule has 0 saturated heterocycles. The zero-order chi connectivity index (χ0) is 10.6. The lowest BCUT2D eigenvalue weighted by atomic mass is 10.6. The van der Waals surface area contributed by atoms with Crippen LogP contribution in [0.2, 0.25) is 5.15 Å². The molecule has 2 rings (SSSR count). The predicted octanol–water partition coefficient (Wildman–Crippen LogP) is 1.60. The van der Waals surface area contributed by atoms with E-state index in [-0.39, 0.29) is 5.78 Å². The van der Waals surface area contributed by atoms with E-state index in [1.165, 1.54) is 26.5 Å². The van der Waals surface area contributed by atoms with Gasteiger partial charge in [0, 0.05) is 0 Å². The number of nitrogens with zero attached hydrogens (tertiary/aromatic N) is 3. The maximum Gasteiger partial charge on any atom is 0.162 e. The zero-order valence-corrected chi connectivity index (χ0v) is 8.54. The molecular weight excluding hydrogens is 204 g/mol. The maximum absolute atomic E-state index is 9.44. The molecule has 0 radical (unpaired) electrons. The number of carbonyl (C=O) groups is 1. The monoisotopic (exact) mass is 212 g/mol. The van der Waals surface area contributed by atoms with Crippen molar-refractivity contribution in [1.82, 2.24) is 19.9 Å². The van der Waals surface area contributed by atoms with Gasteiger partial charge in [-0.3, -0.25) is 0 Å². The molecule has 0 aromatic carbocycles. The van der Waals surface area contributed by atoms with Crippen LogP contribution in [0.5, 0.6) is 0 Å². The Bertz CT molecular complexity index is 436. The van der Waals surface area contributed by atoms with Crippen LogP contribution >= 0.6 is 11.6 Å². The largest absolute Gasteiger partial charge is 0.329 e. The average Bonchev–Trinajstić information content (AvgIpc) is 2.52. The number of nitrogens with one attached hydrogen (secondary N) is 1. The first-order valence-corrected chi connectivity index (χ1v) is 4.26. The lowest BCUT2D eigenvalue weighted by Gasteiger charge is -1.86. The second kappa shape index (κ2) is 4.66. The van der Waals surface area contributed by atoms with Gasteiger partial charge in [0.15, 0.2) is 10.8 Å². The molecule has 0 fully saturated rings. The number of carbonyl (C=O) groups excluding carboxylic acids is 1. The van der Waals surface area contributed by atoms with E-state index in [9.17, 15) is 4.79 Å². The Morgan fingerprint density at radius 1 is 1.36 bits per heavy atom. The first-order valence-electron chi connectivity index (χ1n) is 3.88. The molecule has 0 aliphatic rings. The number of hydrogen-bond donors (Lipinski definition) is 1. The van der Waals surface area contributed by atoms with Crippen molar-refractivity contribution < 1.29 is 4.79 Å². The number of aromatic nitrogens is 4. The maximum atomic E-state index is 9.44. The van der Waals surface area contributed by atoms with E-state index < -0.39 is 0 Å². The molecule has 0 saturated carbocycles. The van der Waals surface area contributed by atoms with E-state index in [0.29, 0.717) is 16.3 Å². The summed E-state index contributed by atoms with van der Waals surface area (Å²) in [6.45, 7) is 3.06. The minimum atomic E-state index is 0.167. The van der Waals surface area contributed by atoms with Crippen LogP contribution in [0, 0.1) is 0 Å². The van der Waals surface area contributed by atoms with Gasteiger partial charge >= 0.3 is 0 Å². The smallest absolute Gasteiger partial charge is 0.162 e. The van der Waals surface area contributed by atoms with Crippen LogP contribution in [0.4, 0.5) is 0 Å². The molecule has 14 heavy (non-hydrogen) atoms. The molecule has 0 atom stereocenters. The second-order valence-corrected chi connectivity index (χ2v) is 3.03. The van der Waals surface area contributed by atoms with Crippen molar-refractivity contribution in [2.45, 2.75) is 13.8 Å². The Morgan fingerprint density at radius 3 is 2.57 bits per heavy atom. The summed E-state index contributed by atoms with van der Waals surface area (Å²) in [4.78, 5) is 23.8. The SMILES string of the molecule is CC(C)=O.Clc1ncnc2[nH]cnc12. The number of fused-ring (bicyclic) bond motifs is 1. The van der Waals surface area contributed by atoms with Gasteiger partial charge in [0.1, 0.15) is 17.6 Å². The van der Waals surface area contributed by atoms with E-state index in [1.807, 2.05) is 0 Å². The Balaban J connectivity index is 0.000000213. The summed E-state index contributed by atoms with van der Waals surface area (Å²) in [6.07, 6.45) is 2.92. The van der Waals surface area contributed by atoms with Gasteiger partial charge in [-0.05, 0) is 13.8 Å². The third-order valence-electron chi connectivity index (χ3n) is 1.17. The molecule has 0 unspecified atom stereocenters. The van der Waals surface area contributed by atoms with Gasteiger partial charge in [0.05, 0.1) is 6.33 Å². The van der Waals surface area contributed by atoms with E-state index in [2.05, 4.69) is 19.9 Å². The van der Waals surface area contributed by atoms with Gasteiger partial charge in [-0.2, -0.15) is 0 Å². The fourth-order valence-electron chi connectivity index (χ4n) is 0.735. The molecule has 0 spiro atoms. The molecule has 5 nitrogen and oxygen atoms in total. The average molecular weight is 213 g/mol. The van der Waals surface area contributed by atoms with Crippen LogP contribution in [-0.4, -0.2) is 25.7 Å². The number of imidazole rings is 1. The lowest BCUT2D eigenvalue weighted by Crippen LogP contribution is -1.80. The second-order valence-electron chi connectivity index (χ2n) is 2.67. The molecule has 0 bridgehead atoms. The van der Waals surface area contributed by atoms with E-state index in [0.717, 1.165) is 0 Å². The van der Waals surface area contributed by atoms with Crippen molar-refractivity contribution in [2.24, 2.45) is 0 Å². The van der Waals surface area contributed by atoms with Crippen molar-refractivity contribution in [3.8, 4) is 0 Å². The molecule has 74 valence electrons. The Morgan fingerprint density at radius 2 is 2.00 bits per heavy atom. The fraction of sp³-hybridized carbons (Fsp3) is 0.250. The van der Waals surface area contributed by atoms with Gasteiger partial charge in [-0.1, -0.05) is 11.6 Å². The Labute approximate surface area is 85.5 Å². The minimum absolute atomic E-state index is 0.167. The molecule has 0 aliphatic carbocycles. The lowest BCUT2D eigenvalue weighted by molar-refractivity contribution is -0.114. The summed E-state index contributed by atoms with van der Waals surface area (Å²) < 4.78 is 0. The summed E-state index contributed by atoms with van der Waals surface area (Å²) in [7, 11) is 0. The fourth-order valence-corrected chi connectivity index (χ4v) is 0.917. The number of halogens is 1. The van der Waals surface area contributed by atoms with Gasteiger partial charge in [0.2, 0.25) is 0 Å². The molecule has 2 aromatic heterocycles. The van der Waals surface area contributed by atoms with Crippen LogP contribution < -0.4 is 0 Å². The standard InChI is InChI=1S/C5H3ClN4.C3H6O/c6-4-3-5(9-1-7-3)10-2-8-4;1-3(2)4/h1-2H,(H,7,8,9,10);1-2H3. The van der Waals surface area contributed by atoms with E-state index in [4.69, 9.17) is 11.6 Å². The minimum Gasteiger partial charge on any atom is -0.329 e. The third-order valence-corrected chi connectivity index (χ3v) is 1.45. The van der Waals surface area contributed by atoms with Crippen molar-refractivity contribution in [1.29, 1.82) is 0 Å². The molecule has 2 heterocycles. The molecular formula is C8H9ClN4O. The predicted molar refractivity (Wildman–Crippen MR) is 53.0 cm³/mol. The highest BCUT2D eigenvalue weighted by Gasteiger charge is 2.00. The quantitative estimate of drug-likeness (QED) is 0.674. The van der Waals surface area contributed by atoms with Crippen LogP contribution in [0.3, 0.4) is 0 Å².